The Morgan fingerprint density at radius 1 is 1.15 bits per heavy atom. The zero-order chi connectivity index (χ0) is 24.5. The molecule has 0 bridgehead atoms. The van der Waals surface area contributed by atoms with Crippen molar-refractivity contribution in [2.75, 3.05) is 24.6 Å². The molecule has 2 aromatic carbocycles. The molecule has 0 atom stereocenters. The summed E-state index contributed by atoms with van der Waals surface area (Å²) >= 11 is 11.9. The minimum Gasteiger partial charge on any atom is -0.482 e. The molecule has 10 heteroatoms. The first-order chi connectivity index (χ1) is 15.6. The van der Waals surface area contributed by atoms with Crippen LogP contribution in [0.5, 0.6) is 5.75 Å². The van der Waals surface area contributed by atoms with Gasteiger partial charge < -0.3 is 9.64 Å². The van der Waals surface area contributed by atoms with Crippen molar-refractivity contribution in [1.82, 2.24) is 5.43 Å². The van der Waals surface area contributed by atoms with Gasteiger partial charge in [-0.15, -0.1) is 0 Å². The lowest BCUT2D eigenvalue weighted by atomic mass is 10.1. The molecule has 2 rings (SSSR count). The number of carbonyl (C=O) groups excluding carboxylic acids is 1. The second-order valence-electron chi connectivity index (χ2n) is 8.35. The minimum absolute atomic E-state index is 0.0544. The van der Waals surface area contributed by atoms with E-state index in [0.717, 1.165) is 18.8 Å². The summed E-state index contributed by atoms with van der Waals surface area (Å²) in [5.74, 6) is 0.588. The van der Waals surface area contributed by atoms with Crippen LogP contribution < -0.4 is 15.1 Å². The van der Waals surface area contributed by atoms with Gasteiger partial charge in [0.2, 0.25) is 0 Å². The quantitative estimate of drug-likeness (QED) is 0.251. The second kappa shape index (κ2) is 12.4. The number of nitrogens with one attached hydrogen (secondary N) is 1. The van der Waals surface area contributed by atoms with Gasteiger partial charge in [0.05, 0.1) is 16.2 Å². The van der Waals surface area contributed by atoms with E-state index in [0.29, 0.717) is 28.2 Å². The third-order valence-electron chi connectivity index (χ3n) is 4.38. The van der Waals surface area contributed by atoms with Gasteiger partial charge in [-0.05, 0) is 36.1 Å². The van der Waals surface area contributed by atoms with Crippen molar-refractivity contribution < 1.29 is 14.5 Å². The minimum atomic E-state index is -0.509. The van der Waals surface area contributed by atoms with Crippen molar-refractivity contribution in [2.45, 2.75) is 27.7 Å². The van der Waals surface area contributed by atoms with Crippen molar-refractivity contribution >= 4 is 46.7 Å². The van der Waals surface area contributed by atoms with Crippen LogP contribution in [0.2, 0.25) is 10.0 Å². The Kier molecular flexibility index (Phi) is 9.94. The van der Waals surface area contributed by atoms with Crippen LogP contribution in [0.3, 0.4) is 0 Å². The third-order valence-corrected chi connectivity index (χ3v) is 4.91. The van der Waals surface area contributed by atoms with Gasteiger partial charge in [0, 0.05) is 41.5 Å². The van der Waals surface area contributed by atoms with E-state index in [-0.39, 0.29) is 17.3 Å². The van der Waals surface area contributed by atoms with E-state index in [2.05, 4.69) is 43.1 Å². The maximum atomic E-state index is 12.1. The number of hydrazone groups is 1. The van der Waals surface area contributed by atoms with E-state index < -0.39 is 10.8 Å². The highest BCUT2D eigenvalue weighted by Gasteiger charge is 2.17. The van der Waals surface area contributed by atoms with E-state index in [1.54, 1.807) is 18.2 Å². The topological polar surface area (TPSA) is 97.1 Å². The molecular formula is C23H28Cl2N4O4. The van der Waals surface area contributed by atoms with Crippen molar-refractivity contribution in [2.24, 2.45) is 16.9 Å². The molecule has 0 aliphatic heterocycles. The Balaban J connectivity index is 2.16. The molecule has 0 unspecified atom stereocenters. The van der Waals surface area contributed by atoms with Crippen molar-refractivity contribution in [3.05, 3.63) is 62.1 Å². The van der Waals surface area contributed by atoms with Crippen LogP contribution in [0, 0.1) is 22.0 Å². The lowest BCUT2D eigenvalue weighted by Crippen LogP contribution is -2.32. The van der Waals surface area contributed by atoms with Gasteiger partial charge in [0.1, 0.15) is 5.75 Å². The number of non-ortho nitro benzene ring substituents is 1. The summed E-state index contributed by atoms with van der Waals surface area (Å²) in [5, 5.41) is 16.0. The Bertz CT molecular complexity index is 1000. The van der Waals surface area contributed by atoms with Crippen LogP contribution in [0.25, 0.3) is 0 Å². The van der Waals surface area contributed by atoms with Crippen LogP contribution in [0.1, 0.15) is 33.3 Å². The lowest BCUT2D eigenvalue weighted by molar-refractivity contribution is -0.384. The summed E-state index contributed by atoms with van der Waals surface area (Å²) in [7, 11) is 0. The molecule has 0 aliphatic rings. The summed E-state index contributed by atoms with van der Waals surface area (Å²) < 4.78 is 5.38. The predicted molar refractivity (Wildman–Crippen MR) is 133 cm³/mol. The van der Waals surface area contributed by atoms with Crippen LogP contribution in [0.4, 0.5) is 11.4 Å². The smallest absolute Gasteiger partial charge is 0.277 e. The van der Waals surface area contributed by atoms with Gasteiger partial charge in [-0.25, -0.2) is 5.43 Å². The molecule has 0 saturated heterocycles. The Labute approximate surface area is 203 Å². The standard InChI is InChI=1S/C23H28Cl2N4O4/c1-15(2)12-28(13-16(3)4)21-7-6-19(29(31)32)9-17(21)11-26-27-23(30)14-33-22-8-5-18(24)10-20(22)25/h5-11,15-16H,12-14H2,1-4H3,(H,27,30)/b26-11-. The Morgan fingerprint density at radius 3 is 2.39 bits per heavy atom. The van der Waals surface area contributed by atoms with Crippen LogP contribution in [-0.2, 0) is 4.79 Å². The molecule has 0 spiro atoms. The molecule has 0 aliphatic carbocycles. The Morgan fingerprint density at radius 2 is 1.82 bits per heavy atom. The molecule has 8 nitrogen and oxygen atoms in total. The number of halogens is 2. The highest BCUT2D eigenvalue weighted by Crippen LogP contribution is 2.28. The SMILES string of the molecule is CC(C)CN(CC(C)C)c1ccc([N+](=O)[O-])cc1/C=N\NC(=O)COc1ccc(Cl)cc1Cl. The van der Waals surface area contributed by atoms with Crippen molar-refractivity contribution in [3.8, 4) is 5.75 Å². The lowest BCUT2D eigenvalue weighted by Gasteiger charge is -2.29. The molecule has 0 heterocycles. The third kappa shape index (κ3) is 8.55. The van der Waals surface area contributed by atoms with Crippen LogP contribution in [-0.4, -0.2) is 36.7 Å². The van der Waals surface area contributed by atoms with E-state index in [4.69, 9.17) is 27.9 Å². The molecule has 1 amide bonds. The number of carbonyl (C=O) groups is 1. The number of hydrogen-bond acceptors (Lipinski definition) is 6. The highest BCUT2D eigenvalue weighted by atomic mass is 35.5. The van der Waals surface area contributed by atoms with Gasteiger partial charge in [0.15, 0.2) is 6.61 Å². The molecule has 1 N–H and O–H groups in total. The van der Waals surface area contributed by atoms with Gasteiger partial charge >= 0.3 is 0 Å². The second-order valence-corrected chi connectivity index (χ2v) is 9.19. The number of nitrogens with zero attached hydrogens (tertiary/aromatic N) is 3. The first kappa shape index (κ1) is 26.4. The average Bonchev–Trinajstić information content (AvgIpc) is 2.72. The molecule has 2 aromatic rings. The molecule has 178 valence electrons. The normalized spacial score (nSPS) is 11.3. The number of nitro groups is 1. The monoisotopic (exact) mass is 494 g/mol. The van der Waals surface area contributed by atoms with Gasteiger partial charge in [0.25, 0.3) is 11.6 Å². The van der Waals surface area contributed by atoms with Gasteiger partial charge in [-0.1, -0.05) is 50.9 Å². The highest BCUT2D eigenvalue weighted by molar-refractivity contribution is 6.35. The zero-order valence-electron chi connectivity index (χ0n) is 19.0. The molecular weight excluding hydrogens is 467 g/mol. The average molecular weight is 495 g/mol. The maximum Gasteiger partial charge on any atom is 0.277 e. The zero-order valence-corrected chi connectivity index (χ0v) is 20.6. The van der Waals surface area contributed by atoms with E-state index >= 15 is 0 Å². The predicted octanol–water partition coefficient (Wildman–Crippen LogP) is 5.55. The summed E-state index contributed by atoms with van der Waals surface area (Å²) in [6.07, 6.45) is 1.41. The number of nitro benzene ring substituents is 1. The summed E-state index contributed by atoms with van der Waals surface area (Å²) in [4.78, 5) is 25.1. The fraction of sp³-hybridized carbons (Fsp3) is 0.391. The molecule has 0 radical (unpaired) electrons. The van der Waals surface area contributed by atoms with Crippen LogP contribution >= 0.6 is 23.2 Å². The summed E-state index contributed by atoms with van der Waals surface area (Å²) in [6.45, 7) is 9.68. The fourth-order valence-corrected chi connectivity index (χ4v) is 3.60. The van der Waals surface area contributed by atoms with Crippen molar-refractivity contribution in [1.29, 1.82) is 0 Å². The van der Waals surface area contributed by atoms with E-state index in [1.807, 2.05) is 0 Å². The van der Waals surface area contributed by atoms with Gasteiger partial charge in [-0.3, -0.25) is 14.9 Å². The summed E-state index contributed by atoms with van der Waals surface area (Å²) in [5.41, 5.74) is 3.67. The number of benzene rings is 2. The van der Waals surface area contributed by atoms with Crippen molar-refractivity contribution in [3.63, 3.8) is 0 Å². The van der Waals surface area contributed by atoms with Gasteiger partial charge in [-0.2, -0.15) is 5.10 Å². The fourth-order valence-electron chi connectivity index (χ4n) is 3.14. The largest absolute Gasteiger partial charge is 0.482 e. The molecule has 0 aromatic heterocycles. The van der Waals surface area contributed by atoms with Crippen LogP contribution in [0.15, 0.2) is 41.5 Å². The first-order valence-corrected chi connectivity index (χ1v) is 11.3. The van der Waals surface area contributed by atoms with E-state index in [9.17, 15) is 14.9 Å². The summed E-state index contributed by atoms with van der Waals surface area (Å²) in [6, 6.07) is 9.32. The molecule has 0 fully saturated rings. The number of rotatable bonds is 11. The number of hydrogen-bond donors (Lipinski definition) is 1. The molecule has 0 saturated carbocycles. The number of ether oxygens (including phenoxy) is 1. The van der Waals surface area contributed by atoms with E-state index in [1.165, 1.54) is 24.4 Å². The Hall–Kier alpha value is -2.84. The number of amides is 1. The first-order valence-electron chi connectivity index (χ1n) is 10.5. The number of anilines is 1. The maximum absolute atomic E-state index is 12.1. The molecule has 33 heavy (non-hydrogen) atoms.